The van der Waals surface area contributed by atoms with Crippen LogP contribution < -0.4 is 20.5 Å². The topological polar surface area (TPSA) is 87.3 Å². The number of aliphatic imine (C=N–C) groups is 1. The van der Waals surface area contributed by atoms with E-state index in [4.69, 9.17) is 24.7 Å². The van der Waals surface area contributed by atoms with Crippen molar-refractivity contribution in [1.82, 2.24) is 0 Å². The second-order valence-electron chi connectivity index (χ2n) is 6.84. The number of nitrogens with two attached hydrogens (primary N) is 1. The lowest BCUT2D eigenvalue weighted by Gasteiger charge is -2.22. The molecule has 3 N–H and O–H groups in total. The summed E-state index contributed by atoms with van der Waals surface area (Å²) in [6.07, 6.45) is 2.24. The predicted molar refractivity (Wildman–Crippen MR) is 129 cm³/mol. The number of anilines is 1. The molecule has 2 aromatic rings. The van der Waals surface area contributed by atoms with Crippen LogP contribution in [0.25, 0.3) is 0 Å². The molecule has 0 aliphatic carbocycles. The molecule has 3 rings (SSSR count). The summed E-state index contributed by atoms with van der Waals surface area (Å²) in [5.41, 5.74) is 9.03. The number of nitrogens with zero attached hydrogens (tertiary/aromatic N) is 1. The van der Waals surface area contributed by atoms with Gasteiger partial charge in [0.1, 0.15) is 0 Å². The molecule has 1 saturated heterocycles. The summed E-state index contributed by atoms with van der Waals surface area (Å²) >= 11 is 0. The van der Waals surface area contributed by atoms with Crippen LogP contribution in [0.1, 0.15) is 24.0 Å². The Hall–Kier alpha value is -2.04. The lowest BCUT2D eigenvalue weighted by atomic mass is 10.1. The average molecular weight is 527 g/mol. The second-order valence-corrected chi connectivity index (χ2v) is 6.84. The van der Waals surface area contributed by atoms with Gasteiger partial charge in [-0.15, -0.1) is 24.0 Å². The predicted octanol–water partition coefficient (Wildman–Crippen LogP) is 3.94. The summed E-state index contributed by atoms with van der Waals surface area (Å²) in [5, 5.41) is 3.07. The van der Waals surface area contributed by atoms with E-state index in [1.54, 1.807) is 14.2 Å². The third-order valence-electron chi connectivity index (χ3n) is 4.76. The van der Waals surface area contributed by atoms with Gasteiger partial charge < -0.3 is 30.0 Å². The molecular weight excluding hydrogens is 497 g/mol. The molecule has 0 radical (unpaired) electrons. The van der Waals surface area contributed by atoms with E-state index in [1.165, 1.54) is 0 Å². The zero-order chi connectivity index (χ0) is 20.5. The van der Waals surface area contributed by atoms with Gasteiger partial charge in [-0.1, -0.05) is 24.3 Å². The molecule has 164 valence electrons. The minimum Gasteiger partial charge on any atom is -0.493 e. The van der Waals surface area contributed by atoms with Gasteiger partial charge in [0, 0.05) is 25.0 Å². The van der Waals surface area contributed by atoms with Crippen molar-refractivity contribution in [2.75, 3.05) is 32.8 Å². The van der Waals surface area contributed by atoms with Gasteiger partial charge in [-0.2, -0.15) is 0 Å². The van der Waals surface area contributed by atoms with Gasteiger partial charge >= 0.3 is 0 Å². The van der Waals surface area contributed by atoms with E-state index in [9.17, 15) is 0 Å². The monoisotopic (exact) mass is 527 g/mol. The quantitative estimate of drug-likeness (QED) is 0.307. The Kier molecular flexibility index (Phi) is 10.2. The van der Waals surface area contributed by atoms with Crippen LogP contribution in [0.5, 0.6) is 11.5 Å². The van der Waals surface area contributed by atoms with Crippen LogP contribution in [0, 0.1) is 0 Å². The van der Waals surface area contributed by atoms with E-state index in [1.807, 2.05) is 18.2 Å². The molecule has 7 nitrogen and oxygen atoms in total. The molecule has 30 heavy (non-hydrogen) atoms. The van der Waals surface area contributed by atoms with Gasteiger partial charge in [-0.05, 0) is 36.1 Å². The van der Waals surface area contributed by atoms with Crippen molar-refractivity contribution in [2.24, 2.45) is 10.7 Å². The summed E-state index contributed by atoms with van der Waals surface area (Å²) in [6, 6.07) is 13.7. The van der Waals surface area contributed by atoms with Crippen molar-refractivity contribution in [3.63, 3.8) is 0 Å². The van der Waals surface area contributed by atoms with Gasteiger partial charge in [0.2, 0.25) is 0 Å². The SMILES string of the molecule is COc1ccc(NC(N)=NCc2ccc(COC3CCOCC3)cc2)cc1OC.I. The van der Waals surface area contributed by atoms with Crippen LogP contribution in [0.3, 0.4) is 0 Å². The van der Waals surface area contributed by atoms with Crippen molar-refractivity contribution < 1.29 is 18.9 Å². The number of halogens is 1. The minimum absolute atomic E-state index is 0. The number of ether oxygens (including phenoxy) is 4. The summed E-state index contributed by atoms with van der Waals surface area (Å²) in [5.74, 6) is 1.63. The summed E-state index contributed by atoms with van der Waals surface area (Å²) in [7, 11) is 3.19. The molecule has 1 aliphatic heterocycles. The molecule has 0 amide bonds. The Labute approximate surface area is 195 Å². The maximum atomic E-state index is 6.01. The molecule has 0 atom stereocenters. The smallest absolute Gasteiger partial charge is 0.193 e. The Morgan fingerprint density at radius 3 is 2.37 bits per heavy atom. The molecule has 1 heterocycles. The number of hydrogen-bond acceptors (Lipinski definition) is 5. The lowest BCUT2D eigenvalue weighted by Crippen LogP contribution is -2.23. The second kappa shape index (κ2) is 12.6. The number of hydrogen-bond donors (Lipinski definition) is 2. The van der Waals surface area contributed by atoms with Crippen molar-refractivity contribution in [3.8, 4) is 11.5 Å². The van der Waals surface area contributed by atoms with E-state index in [0.29, 0.717) is 36.7 Å². The number of benzene rings is 2. The third kappa shape index (κ3) is 7.33. The zero-order valence-corrected chi connectivity index (χ0v) is 19.8. The Morgan fingerprint density at radius 2 is 1.70 bits per heavy atom. The molecule has 2 aromatic carbocycles. The standard InChI is InChI=1S/C22H29N3O4.HI/c1-26-20-8-7-18(13-21(20)27-2)25-22(23)24-14-16-3-5-17(6-4-16)15-29-19-9-11-28-12-10-19;/h3-8,13,19H,9-12,14-15H2,1-2H3,(H3,23,24,25);1H. The highest BCUT2D eigenvalue weighted by molar-refractivity contribution is 14.0. The molecule has 8 heteroatoms. The Balaban J connectivity index is 0.00000320. The maximum absolute atomic E-state index is 6.01. The van der Waals surface area contributed by atoms with E-state index in [-0.39, 0.29) is 24.0 Å². The first kappa shape index (κ1) is 24.2. The van der Waals surface area contributed by atoms with Crippen molar-refractivity contribution >= 4 is 35.6 Å². The average Bonchev–Trinajstić information content (AvgIpc) is 2.77. The van der Waals surface area contributed by atoms with Crippen LogP contribution >= 0.6 is 24.0 Å². The van der Waals surface area contributed by atoms with Gasteiger partial charge in [0.05, 0.1) is 33.5 Å². The van der Waals surface area contributed by atoms with E-state index < -0.39 is 0 Å². The fourth-order valence-corrected chi connectivity index (χ4v) is 3.08. The van der Waals surface area contributed by atoms with Crippen LogP contribution in [-0.2, 0) is 22.6 Å². The van der Waals surface area contributed by atoms with Gasteiger partial charge in [0.15, 0.2) is 17.5 Å². The lowest BCUT2D eigenvalue weighted by molar-refractivity contribution is -0.0390. The largest absolute Gasteiger partial charge is 0.493 e. The van der Waals surface area contributed by atoms with Crippen LogP contribution in [0.2, 0.25) is 0 Å². The maximum Gasteiger partial charge on any atom is 0.193 e. The van der Waals surface area contributed by atoms with Gasteiger partial charge in [-0.25, -0.2) is 4.99 Å². The molecular formula is C22H30IN3O4. The molecule has 0 saturated carbocycles. The summed E-state index contributed by atoms with van der Waals surface area (Å²) in [4.78, 5) is 4.40. The number of nitrogens with one attached hydrogen (secondary N) is 1. The summed E-state index contributed by atoms with van der Waals surface area (Å²) in [6.45, 7) is 2.70. The molecule has 0 bridgehead atoms. The molecule has 1 fully saturated rings. The Bertz CT molecular complexity index is 809. The first-order valence-corrected chi connectivity index (χ1v) is 9.74. The number of methoxy groups -OCH3 is 2. The third-order valence-corrected chi connectivity index (χ3v) is 4.76. The molecule has 1 aliphatic rings. The Morgan fingerprint density at radius 1 is 1.03 bits per heavy atom. The van der Waals surface area contributed by atoms with Crippen LogP contribution in [0.4, 0.5) is 5.69 Å². The number of rotatable bonds is 8. The highest BCUT2D eigenvalue weighted by Crippen LogP contribution is 2.29. The molecule has 0 unspecified atom stereocenters. The van der Waals surface area contributed by atoms with Crippen molar-refractivity contribution in [3.05, 3.63) is 53.6 Å². The zero-order valence-electron chi connectivity index (χ0n) is 17.4. The van der Waals surface area contributed by atoms with E-state index in [2.05, 4.69) is 34.6 Å². The fraction of sp³-hybridized carbons (Fsp3) is 0.409. The first-order valence-electron chi connectivity index (χ1n) is 9.74. The van der Waals surface area contributed by atoms with Gasteiger partial charge in [-0.3, -0.25) is 0 Å². The highest BCUT2D eigenvalue weighted by Gasteiger charge is 2.13. The first-order chi connectivity index (χ1) is 14.2. The van der Waals surface area contributed by atoms with Crippen molar-refractivity contribution in [2.45, 2.75) is 32.1 Å². The summed E-state index contributed by atoms with van der Waals surface area (Å²) < 4.78 is 21.8. The molecule has 0 spiro atoms. The van der Waals surface area contributed by atoms with E-state index >= 15 is 0 Å². The van der Waals surface area contributed by atoms with Crippen molar-refractivity contribution in [1.29, 1.82) is 0 Å². The molecule has 0 aromatic heterocycles. The number of guanidine groups is 1. The highest BCUT2D eigenvalue weighted by atomic mass is 127. The normalized spacial score (nSPS) is 14.7. The van der Waals surface area contributed by atoms with Gasteiger partial charge in [0.25, 0.3) is 0 Å². The van der Waals surface area contributed by atoms with E-state index in [0.717, 1.165) is 42.9 Å². The van der Waals surface area contributed by atoms with Crippen LogP contribution in [0.15, 0.2) is 47.5 Å². The minimum atomic E-state index is 0. The van der Waals surface area contributed by atoms with Crippen LogP contribution in [-0.4, -0.2) is 39.5 Å². The fourth-order valence-electron chi connectivity index (χ4n) is 3.08.